The first-order valence-electron chi connectivity index (χ1n) is 10.7. The number of alkyl halides is 3. The summed E-state index contributed by atoms with van der Waals surface area (Å²) in [5, 5.41) is 2.43. The molecule has 2 aromatic rings. The number of carbonyl (C=O) groups is 1. The molecule has 166 valence electrons. The van der Waals surface area contributed by atoms with E-state index >= 15 is 0 Å². The van der Waals surface area contributed by atoms with E-state index in [-0.39, 0.29) is 17.6 Å². The number of amides is 1. The zero-order valence-electron chi connectivity index (χ0n) is 17.0. The van der Waals surface area contributed by atoms with E-state index in [1.54, 1.807) is 12.4 Å². The third-order valence-electron chi connectivity index (χ3n) is 6.40. The summed E-state index contributed by atoms with van der Waals surface area (Å²) in [6.45, 7) is 0.965. The average molecular weight is 452 g/mol. The molecule has 0 radical (unpaired) electrons. The van der Waals surface area contributed by atoms with E-state index in [1.165, 1.54) is 18.6 Å². The van der Waals surface area contributed by atoms with Crippen molar-refractivity contribution in [2.75, 3.05) is 6.54 Å². The van der Waals surface area contributed by atoms with Crippen molar-refractivity contribution in [3.8, 4) is 0 Å². The smallest absolute Gasteiger partial charge is 0.344 e. The molecule has 1 amide bonds. The molecule has 2 fully saturated rings. The zero-order chi connectivity index (χ0) is 22.0. The number of hydrogen-bond acceptors (Lipinski definition) is 3. The van der Waals surface area contributed by atoms with Crippen LogP contribution in [-0.4, -0.2) is 34.4 Å². The maximum atomic E-state index is 13.3. The summed E-state index contributed by atoms with van der Waals surface area (Å²) in [5.41, 5.74) is -0.333. The number of piperidine rings is 2. The predicted octanol–water partition coefficient (Wildman–Crippen LogP) is 5.63. The fraction of sp³-hybridized carbons (Fsp3) is 0.478. The average Bonchev–Trinajstić information content (AvgIpc) is 2.77. The lowest BCUT2D eigenvalue weighted by atomic mass is 9.84. The van der Waals surface area contributed by atoms with Crippen LogP contribution in [0.15, 0.2) is 42.7 Å². The highest BCUT2D eigenvalue weighted by molar-refractivity contribution is 6.34. The van der Waals surface area contributed by atoms with Crippen LogP contribution < -0.4 is 5.32 Å². The molecular weight excluding hydrogens is 427 g/mol. The third-order valence-corrected chi connectivity index (χ3v) is 6.81. The molecule has 2 aliphatic rings. The van der Waals surface area contributed by atoms with E-state index in [0.717, 1.165) is 50.3 Å². The number of fused-ring (bicyclic) bond motifs is 1. The maximum absolute atomic E-state index is 13.3. The molecule has 2 saturated heterocycles. The molecule has 8 heteroatoms. The summed E-state index contributed by atoms with van der Waals surface area (Å²) in [5.74, 6) is -0.607. The van der Waals surface area contributed by atoms with Gasteiger partial charge in [0.15, 0.2) is 0 Å². The number of aromatic nitrogens is 1. The van der Waals surface area contributed by atoms with Crippen LogP contribution in [0.5, 0.6) is 0 Å². The molecule has 1 aromatic heterocycles. The Bertz CT molecular complexity index is 920. The van der Waals surface area contributed by atoms with Crippen molar-refractivity contribution < 1.29 is 18.0 Å². The monoisotopic (exact) mass is 451 g/mol. The predicted molar refractivity (Wildman–Crippen MR) is 113 cm³/mol. The van der Waals surface area contributed by atoms with Crippen LogP contribution in [0.3, 0.4) is 0 Å². The van der Waals surface area contributed by atoms with Crippen LogP contribution in [0.2, 0.25) is 5.02 Å². The Morgan fingerprint density at radius 1 is 1.13 bits per heavy atom. The molecule has 4 nitrogen and oxygen atoms in total. The number of carbonyl (C=O) groups excluding carboxylic acids is 1. The van der Waals surface area contributed by atoms with Gasteiger partial charge in [0.25, 0.3) is 5.91 Å². The van der Waals surface area contributed by atoms with Gasteiger partial charge < -0.3 is 5.32 Å². The Hall–Kier alpha value is -2.12. The van der Waals surface area contributed by atoms with Crippen LogP contribution in [0.25, 0.3) is 0 Å². The second-order valence-corrected chi connectivity index (χ2v) is 8.67. The van der Waals surface area contributed by atoms with Gasteiger partial charge in [-0.05, 0) is 56.0 Å². The normalized spacial score (nSPS) is 23.1. The molecule has 1 N–H and O–H groups in total. The van der Waals surface area contributed by atoms with Crippen molar-refractivity contribution in [1.29, 1.82) is 0 Å². The quantitative estimate of drug-likeness (QED) is 0.655. The van der Waals surface area contributed by atoms with E-state index < -0.39 is 22.7 Å². The van der Waals surface area contributed by atoms with Gasteiger partial charge in [-0.2, -0.15) is 13.2 Å². The Balaban J connectivity index is 1.65. The summed E-state index contributed by atoms with van der Waals surface area (Å²) in [6, 6.07) is 7.31. The Morgan fingerprint density at radius 2 is 1.94 bits per heavy atom. The molecule has 31 heavy (non-hydrogen) atoms. The van der Waals surface area contributed by atoms with Crippen molar-refractivity contribution >= 4 is 17.5 Å². The van der Waals surface area contributed by atoms with E-state index in [9.17, 15) is 18.0 Å². The lowest BCUT2D eigenvalue weighted by molar-refractivity contribution is -0.137. The minimum atomic E-state index is -4.62. The lowest BCUT2D eigenvalue weighted by Crippen LogP contribution is -2.54. The van der Waals surface area contributed by atoms with Crippen molar-refractivity contribution in [3.05, 3.63) is 64.4 Å². The number of rotatable bonds is 4. The SMILES string of the molecule is O=C(NC(c1cccnc1)C1CCCC2CCCCN21)c1cccc(C(F)(F)F)c1Cl. The first-order valence-corrected chi connectivity index (χ1v) is 11.1. The first kappa shape index (κ1) is 22.1. The van der Waals surface area contributed by atoms with Crippen molar-refractivity contribution in [3.63, 3.8) is 0 Å². The molecule has 3 unspecified atom stereocenters. The van der Waals surface area contributed by atoms with Crippen LogP contribution in [0.4, 0.5) is 13.2 Å². The molecule has 0 spiro atoms. The van der Waals surface area contributed by atoms with Crippen LogP contribution >= 0.6 is 11.6 Å². The molecule has 3 heterocycles. The number of hydrogen-bond donors (Lipinski definition) is 1. The minimum Gasteiger partial charge on any atom is -0.344 e. The number of nitrogens with one attached hydrogen (secondary N) is 1. The second kappa shape index (κ2) is 9.17. The van der Waals surface area contributed by atoms with Gasteiger partial charge in [-0.1, -0.05) is 36.6 Å². The lowest BCUT2D eigenvalue weighted by Gasteiger charge is -2.48. The highest BCUT2D eigenvalue weighted by Crippen LogP contribution is 2.38. The summed E-state index contributed by atoms with van der Waals surface area (Å²) in [4.78, 5) is 19.8. The third kappa shape index (κ3) is 4.72. The van der Waals surface area contributed by atoms with Crippen molar-refractivity contribution in [1.82, 2.24) is 15.2 Å². The van der Waals surface area contributed by atoms with E-state index in [0.29, 0.717) is 6.04 Å². The van der Waals surface area contributed by atoms with Gasteiger partial charge in [0.2, 0.25) is 0 Å². The topological polar surface area (TPSA) is 45.2 Å². The fourth-order valence-electron chi connectivity index (χ4n) is 4.96. The van der Waals surface area contributed by atoms with E-state index in [4.69, 9.17) is 11.6 Å². The number of halogens is 4. The molecule has 4 rings (SSSR count). The molecule has 0 bridgehead atoms. The zero-order valence-corrected chi connectivity index (χ0v) is 17.8. The van der Waals surface area contributed by atoms with Crippen molar-refractivity contribution in [2.45, 2.75) is 62.8 Å². The number of benzene rings is 1. The largest absolute Gasteiger partial charge is 0.417 e. The Labute approximate surface area is 184 Å². The highest BCUT2D eigenvalue weighted by Gasteiger charge is 2.39. The first-order chi connectivity index (χ1) is 14.9. The second-order valence-electron chi connectivity index (χ2n) is 8.29. The fourth-order valence-corrected chi connectivity index (χ4v) is 5.28. The summed E-state index contributed by atoms with van der Waals surface area (Å²) in [6.07, 6.45) is 5.32. The van der Waals surface area contributed by atoms with Crippen LogP contribution in [0, 0.1) is 0 Å². The van der Waals surface area contributed by atoms with Crippen LogP contribution in [0.1, 0.15) is 66.1 Å². The van der Waals surface area contributed by atoms with Gasteiger partial charge in [0, 0.05) is 24.5 Å². The highest BCUT2D eigenvalue weighted by atomic mass is 35.5. The van der Waals surface area contributed by atoms with Crippen LogP contribution in [-0.2, 0) is 6.18 Å². The molecule has 1 aromatic carbocycles. The van der Waals surface area contributed by atoms with E-state index in [2.05, 4.69) is 15.2 Å². The van der Waals surface area contributed by atoms with Gasteiger partial charge in [-0.25, -0.2) is 0 Å². The summed E-state index contributed by atoms with van der Waals surface area (Å²) >= 11 is 6.01. The number of pyridine rings is 1. The van der Waals surface area contributed by atoms with Gasteiger partial charge in [0.1, 0.15) is 0 Å². The maximum Gasteiger partial charge on any atom is 0.417 e. The molecule has 0 saturated carbocycles. The summed E-state index contributed by atoms with van der Waals surface area (Å²) in [7, 11) is 0. The molecule has 0 aliphatic carbocycles. The molecule has 2 aliphatic heterocycles. The van der Waals surface area contributed by atoms with E-state index in [1.807, 2.05) is 12.1 Å². The Morgan fingerprint density at radius 3 is 2.68 bits per heavy atom. The minimum absolute atomic E-state index is 0.0665. The molecule has 3 atom stereocenters. The van der Waals surface area contributed by atoms with Gasteiger partial charge in [-0.3, -0.25) is 14.7 Å². The number of nitrogens with zero attached hydrogens (tertiary/aromatic N) is 2. The van der Waals surface area contributed by atoms with Gasteiger partial charge in [0.05, 0.1) is 22.2 Å². The molecular formula is C23H25ClF3N3O. The van der Waals surface area contributed by atoms with Gasteiger partial charge >= 0.3 is 6.18 Å². The summed E-state index contributed by atoms with van der Waals surface area (Å²) < 4.78 is 39.8. The Kier molecular flexibility index (Phi) is 6.53. The standard InChI is InChI=1S/C23H25ClF3N3O/c24-20-17(9-4-10-18(20)23(25,26)27)22(31)29-21(15-6-5-12-28-14-15)19-11-3-8-16-7-1-2-13-30(16)19/h4-6,9-10,12,14,16,19,21H,1-3,7-8,11,13H2,(H,29,31). The van der Waals surface area contributed by atoms with Gasteiger partial charge in [-0.15, -0.1) is 0 Å². The van der Waals surface area contributed by atoms with Crippen molar-refractivity contribution in [2.24, 2.45) is 0 Å².